The number of nitrogens with one attached hydrogen (secondary N) is 1. The van der Waals surface area contributed by atoms with Gasteiger partial charge in [-0.05, 0) is 59.4 Å². The summed E-state index contributed by atoms with van der Waals surface area (Å²) < 4.78 is 1.24. The van der Waals surface area contributed by atoms with Gasteiger partial charge < -0.3 is 10.2 Å². The fourth-order valence-electron chi connectivity index (χ4n) is 2.53. The summed E-state index contributed by atoms with van der Waals surface area (Å²) >= 11 is 5.40. The molecule has 0 aliphatic carbocycles. The van der Waals surface area contributed by atoms with E-state index in [-0.39, 0.29) is 0 Å². The molecule has 1 aromatic heterocycles. The van der Waals surface area contributed by atoms with Crippen molar-refractivity contribution >= 4 is 27.3 Å². The van der Waals surface area contributed by atoms with Crippen LogP contribution in [0.2, 0.25) is 0 Å². The second-order valence-corrected chi connectivity index (χ2v) is 9.03. The average molecular weight is 345 g/mol. The highest BCUT2D eigenvalue weighted by atomic mass is 79.9. The largest absolute Gasteiger partial charge is 0.312 e. The first-order valence-corrected chi connectivity index (χ1v) is 8.76. The molecule has 1 aliphatic rings. The molecule has 1 atom stereocenters. The highest BCUT2D eigenvalue weighted by molar-refractivity contribution is 9.11. The third-order valence-corrected chi connectivity index (χ3v) is 5.51. The van der Waals surface area contributed by atoms with E-state index < -0.39 is 0 Å². The van der Waals surface area contributed by atoms with Crippen LogP contribution in [0.25, 0.3) is 0 Å². The van der Waals surface area contributed by atoms with Crippen LogP contribution in [-0.2, 0) is 6.42 Å². The topological polar surface area (TPSA) is 15.3 Å². The first-order valence-electron chi connectivity index (χ1n) is 7.15. The Morgan fingerprint density at radius 2 is 2.21 bits per heavy atom. The van der Waals surface area contributed by atoms with Crippen molar-refractivity contribution in [1.29, 1.82) is 0 Å². The third kappa shape index (κ3) is 4.85. The Kier molecular flexibility index (Phi) is 5.46. The summed E-state index contributed by atoms with van der Waals surface area (Å²) in [6, 6.07) is 5.00. The van der Waals surface area contributed by atoms with Gasteiger partial charge in [-0.15, -0.1) is 11.3 Å². The van der Waals surface area contributed by atoms with Crippen LogP contribution in [0.3, 0.4) is 0 Å². The van der Waals surface area contributed by atoms with Crippen molar-refractivity contribution in [2.75, 3.05) is 26.2 Å². The van der Waals surface area contributed by atoms with E-state index in [1.165, 1.54) is 41.1 Å². The molecule has 2 nitrogen and oxygen atoms in total. The highest BCUT2D eigenvalue weighted by Gasteiger charge is 2.27. The molecule has 19 heavy (non-hydrogen) atoms. The van der Waals surface area contributed by atoms with Crippen molar-refractivity contribution in [3.05, 3.63) is 20.8 Å². The normalized spacial score (nSPS) is 22.4. The van der Waals surface area contributed by atoms with Gasteiger partial charge in [-0.3, -0.25) is 0 Å². The fourth-order valence-corrected chi connectivity index (χ4v) is 4.00. The maximum atomic E-state index is 3.71. The molecule has 2 rings (SSSR count). The van der Waals surface area contributed by atoms with Crippen molar-refractivity contribution in [2.24, 2.45) is 5.41 Å². The molecule has 0 spiro atoms. The summed E-state index contributed by atoms with van der Waals surface area (Å²) in [6.07, 6.45) is 2.44. The first-order chi connectivity index (χ1) is 8.95. The van der Waals surface area contributed by atoms with E-state index in [4.69, 9.17) is 0 Å². The molecular formula is C15H25BrN2S. The summed E-state index contributed by atoms with van der Waals surface area (Å²) in [4.78, 5) is 4.11. The molecule has 0 bridgehead atoms. The summed E-state index contributed by atoms with van der Waals surface area (Å²) in [7, 11) is 0. The lowest BCUT2D eigenvalue weighted by molar-refractivity contribution is 0.199. The molecule has 0 aromatic carbocycles. The molecule has 0 saturated carbocycles. The van der Waals surface area contributed by atoms with E-state index in [2.05, 4.69) is 59.1 Å². The van der Waals surface area contributed by atoms with Crippen LogP contribution in [0.4, 0.5) is 0 Å². The van der Waals surface area contributed by atoms with Gasteiger partial charge in [0.1, 0.15) is 0 Å². The molecule has 1 aliphatic heterocycles. The van der Waals surface area contributed by atoms with E-state index in [0.29, 0.717) is 11.5 Å². The van der Waals surface area contributed by atoms with Crippen LogP contribution in [0, 0.1) is 5.41 Å². The second kappa shape index (κ2) is 6.70. The molecule has 2 heterocycles. The van der Waals surface area contributed by atoms with Gasteiger partial charge in [-0.2, -0.15) is 0 Å². The van der Waals surface area contributed by atoms with Gasteiger partial charge in [0.25, 0.3) is 0 Å². The molecule has 108 valence electrons. The minimum absolute atomic E-state index is 0.342. The van der Waals surface area contributed by atoms with E-state index in [0.717, 1.165) is 6.54 Å². The molecule has 0 radical (unpaired) electrons. The predicted octanol–water partition coefficient (Wildman–Crippen LogP) is 3.76. The van der Waals surface area contributed by atoms with E-state index >= 15 is 0 Å². The Morgan fingerprint density at radius 1 is 1.42 bits per heavy atom. The van der Waals surface area contributed by atoms with Crippen LogP contribution >= 0.6 is 27.3 Å². The quantitative estimate of drug-likeness (QED) is 0.897. The number of thiophene rings is 1. The van der Waals surface area contributed by atoms with Crippen LogP contribution in [-0.4, -0.2) is 37.1 Å². The van der Waals surface area contributed by atoms with E-state index in [1.54, 1.807) is 0 Å². The predicted molar refractivity (Wildman–Crippen MR) is 88.0 cm³/mol. The maximum Gasteiger partial charge on any atom is 0.0701 e. The first kappa shape index (κ1) is 15.5. The van der Waals surface area contributed by atoms with Crippen molar-refractivity contribution in [1.82, 2.24) is 10.2 Å². The number of hydrogen-bond donors (Lipinski definition) is 1. The monoisotopic (exact) mass is 344 g/mol. The Balaban J connectivity index is 1.88. The third-order valence-electron chi connectivity index (χ3n) is 3.83. The highest BCUT2D eigenvalue weighted by Crippen LogP contribution is 2.24. The fraction of sp³-hybridized carbons (Fsp3) is 0.733. The smallest absolute Gasteiger partial charge is 0.0701 e. The van der Waals surface area contributed by atoms with Crippen LogP contribution < -0.4 is 5.32 Å². The molecule has 1 N–H and O–H groups in total. The van der Waals surface area contributed by atoms with Gasteiger partial charge >= 0.3 is 0 Å². The molecule has 0 amide bonds. The molecule has 1 unspecified atom stereocenters. The minimum atomic E-state index is 0.342. The zero-order valence-corrected chi connectivity index (χ0v) is 14.6. The van der Waals surface area contributed by atoms with Gasteiger partial charge in [0.15, 0.2) is 0 Å². The molecule has 1 saturated heterocycles. The minimum Gasteiger partial charge on any atom is -0.312 e. The van der Waals surface area contributed by atoms with Gasteiger partial charge in [0.2, 0.25) is 0 Å². The van der Waals surface area contributed by atoms with Crippen molar-refractivity contribution in [3.63, 3.8) is 0 Å². The number of rotatable bonds is 3. The van der Waals surface area contributed by atoms with E-state index in [9.17, 15) is 0 Å². The van der Waals surface area contributed by atoms with Crippen molar-refractivity contribution in [2.45, 2.75) is 39.7 Å². The summed E-state index contributed by atoms with van der Waals surface area (Å²) in [5.41, 5.74) is 0.342. The van der Waals surface area contributed by atoms with Crippen molar-refractivity contribution < 1.29 is 0 Å². The van der Waals surface area contributed by atoms with Crippen molar-refractivity contribution in [3.8, 4) is 0 Å². The van der Waals surface area contributed by atoms with Crippen LogP contribution in [0.15, 0.2) is 15.9 Å². The van der Waals surface area contributed by atoms with E-state index in [1.807, 2.05) is 11.3 Å². The lowest BCUT2D eigenvalue weighted by Gasteiger charge is -2.33. The Labute approximate surface area is 129 Å². The zero-order valence-electron chi connectivity index (χ0n) is 12.2. The second-order valence-electron chi connectivity index (χ2n) is 6.48. The number of hydrogen-bond acceptors (Lipinski definition) is 3. The van der Waals surface area contributed by atoms with Gasteiger partial charge in [0.05, 0.1) is 3.79 Å². The Hall–Kier alpha value is 0.1000. The SMILES string of the molecule is CC(C)(C)C1CN(CCc2ccc(Br)s2)CCCN1. The number of nitrogens with zero attached hydrogens (tertiary/aromatic N) is 1. The average Bonchev–Trinajstić information content (AvgIpc) is 2.61. The lowest BCUT2D eigenvalue weighted by Crippen LogP contribution is -2.46. The van der Waals surface area contributed by atoms with Gasteiger partial charge in [0, 0.05) is 24.0 Å². The molecule has 1 fully saturated rings. The summed E-state index contributed by atoms with van der Waals surface area (Å²) in [6.45, 7) is 11.8. The Bertz CT molecular complexity index is 397. The molecular weight excluding hydrogens is 320 g/mol. The van der Waals surface area contributed by atoms with Crippen LogP contribution in [0.1, 0.15) is 32.1 Å². The maximum absolute atomic E-state index is 3.71. The summed E-state index contributed by atoms with van der Waals surface area (Å²) in [5.74, 6) is 0. The number of halogens is 1. The standard InChI is InChI=1S/C15H25BrN2S/c1-15(2,3)13-11-18(9-4-8-17-13)10-7-12-5-6-14(16)19-12/h5-6,13,17H,4,7-11H2,1-3H3. The Morgan fingerprint density at radius 3 is 2.84 bits per heavy atom. The summed E-state index contributed by atoms with van der Waals surface area (Å²) in [5, 5.41) is 3.71. The zero-order chi connectivity index (χ0) is 13.9. The lowest BCUT2D eigenvalue weighted by atomic mass is 9.86. The van der Waals surface area contributed by atoms with Crippen LogP contribution in [0.5, 0.6) is 0 Å². The van der Waals surface area contributed by atoms with Gasteiger partial charge in [-0.1, -0.05) is 20.8 Å². The molecule has 1 aromatic rings. The van der Waals surface area contributed by atoms with Gasteiger partial charge in [-0.25, -0.2) is 0 Å². The molecule has 4 heteroatoms.